The molecule has 1 aromatic carbocycles. The molecule has 0 unspecified atom stereocenters. The van der Waals surface area contributed by atoms with Gasteiger partial charge < -0.3 is 5.32 Å². The molecule has 0 amide bonds. The topological polar surface area (TPSA) is 15.3 Å². The summed E-state index contributed by atoms with van der Waals surface area (Å²) in [7, 11) is 0. The molecule has 0 aromatic heterocycles. The Hall–Kier alpha value is -0.900. The molecule has 1 N–H and O–H groups in total. The quantitative estimate of drug-likeness (QED) is 0.835. The second kappa shape index (κ2) is 5.63. The van der Waals surface area contributed by atoms with Gasteiger partial charge in [-0.3, -0.25) is 4.90 Å². The fourth-order valence-corrected chi connectivity index (χ4v) is 2.33. The van der Waals surface area contributed by atoms with E-state index < -0.39 is 0 Å². The SMILES string of the molecule is C=C[C@@H](c1ccc(Cl)cc1F)N1CCNCC1. The maximum Gasteiger partial charge on any atom is 0.129 e. The number of nitrogens with zero attached hydrogens (tertiary/aromatic N) is 1. The number of nitrogens with one attached hydrogen (secondary N) is 1. The van der Waals surface area contributed by atoms with Crippen molar-refractivity contribution in [2.45, 2.75) is 6.04 Å². The van der Waals surface area contributed by atoms with E-state index >= 15 is 0 Å². The van der Waals surface area contributed by atoms with Crippen molar-refractivity contribution < 1.29 is 4.39 Å². The first-order valence-electron chi connectivity index (χ1n) is 5.74. The first-order valence-corrected chi connectivity index (χ1v) is 6.12. The van der Waals surface area contributed by atoms with Crippen LogP contribution in [0.2, 0.25) is 5.02 Å². The Morgan fingerprint density at radius 1 is 1.41 bits per heavy atom. The normalized spacial score (nSPS) is 18.9. The molecule has 1 aliphatic heterocycles. The summed E-state index contributed by atoms with van der Waals surface area (Å²) in [5, 5.41) is 3.70. The van der Waals surface area contributed by atoms with Crippen molar-refractivity contribution >= 4 is 11.6 Å². The average molecular weight is 255 g/mol. The minimum atomic E-state index is -0.263. The molecule has 0 radical (unpaired) electrons. The van der Waals surface area contributed by atoms with Crippen LogP contribution in [0.1, 0.15) is 11.6 Å². The van der Waals surface area contributed by atoms with Crippen molar-refractivity contribution in [1.82, 2.24) is 10.2 Å². The monoisotopic (exact) mass is 254 g/mol. The van der Waals surface area contributed by atoms with E-state index in [1.54, 1.807) is 18.2 Å². The molecular weight excluding hydrogens is 239 g/mol. The van der Waals surface area contributed by atoms with Crippen LogP contribution in [0.3, 0.4) is 0 Å². The summed E-state index contributed by atoms with van der Waals surface area (Å²) >= 11 is 5.76. The van der Waals surface area contributed by atoms with Crippen LogP contribution in [0.15, 0.2) is 30.9 Å². The Morgan fingerprint density at radius 3 is 2.71 bits per heavy atom. The van der Waals surface area contributed by atoms with E-state index in [2.05, 4.69) is 16.8 Å². The van der Waals surface area contributed by atoms with Gasteiger partial charge in [0.05, 0.1) is 6.04 Å². The van der Waals surface area contributed by atoms with Crippen molar-refractivity contribution in [3.05, 3.63) is 47.3 Å². The van der Waals surface area contributed by atoms with Crippen LogP contribution in [0.4, 0.5) is 4.39 Å². The molecule has 0 bridgehead atoms. The van der Waals surface area contributed by atoms with Gasteiger partial charge in [0.2, 0.25) is 0 Å². The lowest BCUT2D eigenvalue weighted by atomic mass is 10.0. The Morgan fingerprint density at radius 2 is 2.12 bits per heavy atom. The van der Waals surface area contributed by atoms with Crippen LogP contribution in [0, 0.1) is 5.82 Å². The third-order valence-corrected chi connectivity index (χ3v) is 3.28. The predicted octanol–water partition coefficient (Wildman–Crippen LogP) is 2.61. The summed E-state index contributed by atoms with van der Waals surface area (Å²) in [6.07, 6.45) is 1.79. The largest absolute Gasteiger partial charge is 0.314 e. The molecule has 2 nitrogen and oxygen atoms in total. The number of rotatable bonds is 3. The van der Waals surface area contributed by atoms with Gasteiger partial charge in [0.15, 0.2) is 0 Å². The predicted molar refractivity (Wildman–Crippen MR) is 68.8 cm³/mol. The lowest BCUT2D eigenvalue weighted by Crippen LogP contribution is -2.44. The molecule has 4 heteroatoms. The van der Waals surface area contributed by atoms with Crippen molar-refractivity contribution in [1.29, 1.82) is 0 Å². The number of hydrogen-bond donors (Lipinski definition) is 1. The summed E-state index contributed by atoms with van der Waals surface area (Å²) in [5.41, 5.74) is 0.645. The summed E-state index contributed by atoms with van der Waals surface area (Å²) in [5.74, 6) is -0.263. The zero-order valence-electron chi connectivity index (χ0n) is 9.63. The molecule has 0 saturated carbocycles. The Balaban J connectivity index is 2.24. The molecular formula is C13H16ClFN2. The van der Waals surface area contributed by atoms with E-state index in [1.807, 2.05) is 0 Å². The van der Waals surface area contributed by atoms with Gasteiger partial charge in [0, 0.05) is 36.8 Å². The fourth-order valence-electron chi connectivity index (χ4n) is 2.17. The van der Waals surface area contributed by atoms with Crippen LogP contribution < -0.4 is 5.32 Å². The van der Waals surface area contributed by atoms with E-state index in [-0.39, 0.29) is 11.9 Å². The van der Waals surface area contributed by atoms with Crippen molar-refractivity contribution in [2.75, 3.05) is 26.2 Å². The van der Waals surface area contributed by atoms with Gasteiger partial charge in [-0.1, -0.05) is 23.7 Å². The number of piperazine rings is 1. The highest BCUT2D eigenvalue weighted by molar-refractivity contribution is 6.30. The molecule has 92 valence electrons. The van der Waals surface area contributed by atoms with Crippen molar-refractivity contribution in [2.24, 2.45) is 0 Å². The standard InChI is InChI=1S/C13H16ClFN2/c1-2-13(17-7-5-16-6-8-17)11-4-3-10(14)9-12(11)15/h2-4,9,13,16H,1,5-8H2/t13-/m0/s1. The third kappa shape index (κ3) is 2.86. The number of benzene rings is 1. The number of hydrogen-bond acceptors (Lipinski definition) is 2. The van der Waals surface area contributed by atoms with Gasteiger partial charge in [-0.15, -0.1) is 6.58 Å². The van der Waals surface area contributed by atoms with Crippen LogP contribution >= 0.6 is 11.6 Å². The summed E-state index contributed by atoms with van der Waals surface area (Å²) in [6, 6.07) is 4.75. The van der Waals surface area contributed by atoms with Gasteiger partial charge in [-0.05, 0) is 12.1 Å². The smallest absolute Gasteiger partial charge is 0.129 e. The van der Waals surface area contributed by atoms with Gasteiger partial charge >= 0.3 is 0 Å². The molecule has 1 heterocycles. The molecule has 0 aliphatic carbocycles. The maximum absolute atomic E-state index is 13.9. The Bertz CT molecular complexity index is 402. The zero-order valence-corrected chi connectivity index (χ0v) is 10.4. The summed E-state index contributed by atoms with van der Waals surface area (Å²) in [4.78, 5) is 2.22. The van der Waals surface area contributed by atoms with Crippen LogP contribution in [0.25, 0.3) is 0 Å². The fraction of sp³-hybridized carbons (Fsp3) is 0.385. The molecule has 17 heavy (non-hydrogen) atoms. The minimum absolute atomic E-state index is 0.0747. The molecule has 1 atom stereocenters. The first kappa shape index (κ1) is 12.6. The lowest BCUT2D eigenvalue weighted by molar-refractivity contribution is 0.200. The van der Waals surface area contributed by atoms with Gasteiger partial charge in [-0.25, -0.2) is 4.39 Å². The third-order valence-electron chi connectivity index (χ3n) is 3.05. The molecule has 0 spiro atoms. The van der Waals surface area contributed by atoms with E-state index in [4.69, 9.17) is 11.6 Å². The van der Waals surface area contributed by atoms with E-state index in [1.165, 1.54) is 6.07 Å². The van der Waals surface area contributed by atoms with Gasteiger partial charge in [-0.2, -0.15) is 0 Å². The second-order valence-electron chi connectivity index (χ2n) is 4.13. The molecule has 1 aliphatic rings. The van der Waals surface area contributed by atoms with Crippen LogP contribution in [-0.4, -0.2) is 31.1 Å². The Labute approximate surface area is 106 Å². The highest BCUT2D eigenvalue weighted by Crippen LogP contribution is 2.26. The highest BCUT2D eigenvalue weighted by Gasteiger charge is 2.21. The summed E-state index contributed by atoms with van der Waals surface area (Å²) < 4.78 is 13.9. The van der Waals surface area contributed by atoms with Crippen molar-refractivity contribution in [3.8, 4) is 0 Å². The minimum Gasteiger partial charge on any atom is -0.314 e. The number of halogens is 2. The summed E-state index contributed by atoms with van der Waals surface area (Å²) in [6.45, 7) is 7.48. The highest BCUT2D eigenvalue weighted by atomic mass is 35.5. The first-order chi connectivity index (χ1) is 8.22. The molecule has 1 aromatic rings. The lowest BCUT2D eigenvalue weighted by Gasteiger charge is -2.33. The van der Waals surface area contributed by atoms with E-state index in [0.29, 0.717) is 10.6 Å². The van der Waals surface area contributed by atoms with E-state index in [9.17, 15) is 4.39 Å². The molecule has 1 fully saturated rings. The second-order valence-corrected chi connectivity index (χ2v) is 4.57. The van der Waals surface area contributed by atoms with E-state index in [0.717, 1.165) is 26.2 Å². The van der Waals surface area contributed by atoms with Crippen LogP contribution in [-0.2, 0) is 0 Å². The van der Waals surface area contributed by atoms with Gasteiger partial charge in [0.25, 0.3) is 0 Å². The van der Waals surface area contributed by atoms with Crippen LogP contribution in [0.5, 0.6) is 0 Å². The zero-order chi connectivity index (χ0) is 12.3. The maximum atomic E-state index is 13.9. The molecule has 2 rings (SSSR count). The van der Waals surface area contributed by atoms with Crippen molar-refractivity contribution in [3.63, 3.8) is 0 Å². The average Bonchev–Trinajstić information content (AvgIpc) is 2.34. The van der Waals surface area contributed by atoms with Gasteiger partial charge in [0.1, 0.15) is 5.82 Å². The molecule has 1 saturated heterocycles. The Kier molecular flexibility index (Phi) is 4.15.